The van der Waals surface area contributed by atoms with Gasteiger partial charge in [0.1, 0.15) is 0 Å². The third-order valence-corrected chi connectivity index (χ3v) is 3.61. The summed E-state index contributed by atoms with van der Waals surface area (Å²) in [6.07, 6.45) is 7.45. The van der Waals surface area contributed by atoms with Gasteiger partial charge < -0.3 is 0 Å². The Morgan fingerprint density at radius 1 is 1.06 bits per heavy atom. The second-order valence-electron chi connectivity index (χ2n) is 6.09. The van der Waals surface area contributed by atoms with E-state index in [9.17, 15) is 0 Å². The highest BCUT2D eigenvalue weighted by molar-refractivity contribution is 7.19. The predicted molar refractivity (Wildman–Crippen MR) is 79.3 cm³/mol. The van der Waals surface area contributed by atoms with Gasteiger partial charge >= 0.3 is 0 Å². The first-order chi connectivity index (χ1) is 7.91. The molecule has 1 rings (SSSR count). The number of aromatic nitrogens is 1. The van der Waals surface area contributed by atoms with Crippen molar-refractivity contribution in [2.75, 3.05) is 0 Å². The molecule has 0 spiro atoms. The first-order valence-electron chi connectivity index (χ1n) is 6.59. The highest BCUT2D eigenvalue weighted by atomic mass is 31.0. The van der Waals surface area contributed by atoms with Crippen molar-refractivity contribution in [1.82, 2.24) is 4.98 Å². The van der Waals surface area contributed by atoms with E-state index in [0.29, 0.717) is 5.16 Å². The molecule has 0 saturated carbocycles. The summed E-state index contributed by atoms with van der Waals surface area (Å²) in [6, 6.07) is 4.28. The molecule has 96 valence electrons. The Hall–Kier alpha value is -0.420. The quantitative estimate of drug-likeness (QED) is 0.686. The lowest BCUT2D eigenvalue weighted by Crippen LogP contribution is -2.28. The van der Waals surface area contributed by atoms with Crippen LogP contribution < -0.4 is 0 Å². The topological polar surface area (TPSA) is 12.9 Å². The second-order valence-corrected chi connectivity index (χ2v) is 7.32. The van der Waals surface area contributed by atoms with E-state index in [-0.39, 0.29) is 0 Å². The lowest BCUT2D eigenvalue weighted by atomic mass is 9.84. The maximum Gasteiger partial charge on any atom is 0.0270 e. The molecule has 0 radical (unpaired) electrons. The average Bonchev–Trinajstić information content (AvgIpc) is 2.15. The first-order valence-corrected chi connectivity index (χ1v) is 7.17. The van der Waals surface area contributed by atoms with E-state index in [1.54, 1.807) is 0 Å². The van der Waals surface area contributed by atoms with Crippen LogP contribution >= 0.6 is 9.24 Å². The fourth-order valence-corrected chi connectivity index (χ4v) is 3.94. The Bertz CT molecular complexity index is 309. The van der Waals surface area contributed by atoms with Crippen LogP contribution in [0.2, 0.25) is 0 Å². The maximum atomic E-state index is 4.09. The number of rotatable bonds is 6. The fraction of sp³-hybridized carbons (Fsp3) is 0.667. The molecule has 0 saturated heterocycles. The highest BCUT2D eigenvalue weighted by Gasteiger charge is 2.27. The molecule has 1 aromatic rings. The summed E-state index contributed by atoms with van der Waals surface area (Å²) in [6.45, 7) is 9.24. The normalized spacial score (nSPS) is 12.4. The molecule has 1 nitrogen and oxygen atoms in total. The largest absolute Gasteiger partial charge is 0.265 e. The van der Waals surface area contributed by atoms with E-state index in [1.165, 1.54) is 18.4 Å². The van der Waals surface area contributed by atoms with Gasteiger partial charge in [0.2, 0.25) is 0 Å². The monoisotopic (exact) mass is 251 g/mol. The van der Waals surface area contributed by atoms with Crippen molar-refractivity contribution < 1.29 is 0 Å². The summed E-state index contributed by atoms with van der Waals surface area (Å²) >= 11 is 0. The summed E-state index contributed by atoms with van der Waals surface area (Å²) < 4.78 is 0. The molecule has 0 N–H and O–H groups in total. The van der Waals surface area contributed by atoms with Gasteiger partial charge in [0.05, 0.1) is 0 Å². The van der Waals surface area contributed by atoms with E-state index in [4.69, 9.17) is 0 Å². The van der Waals surface area contributed by atoms with Gasteiger partial charge in [-0.3, -0.25) is 4.98 Å². The van der Waals surface area contributed by atoms with E-state index < -0.39 is 0 Å². The third-order valence-electron chi connectivity index (χ3n) is 2.94. The Kier molecular flexibility index (Phi) is 5.59. The summed E-state index contributed by atoms with van der Waals surface area (Å²) in [5.74, 6) is 1.49. The SMILES string of the molecule is CC(C)CC(P)(Cc1ccncc1)CC(C)C. The molecule has 17 heavy (non-hydrogen) atoms. The van der Waals surface area contributed by atoms with Crippen LogP contribution in [-0.4, -0.2) is 10.1 Å². The molecule has 0 bridgehead atoms. The molecule has 1 heterocycles. The standard InChI is InChI=1S/C15H26NP/c1-12(2)9-15(17,10-13(3)4)11-14-5-7-16-8-6-14/h5-8,12-13H,9-11,17H2,1-4H3. The van der Waals surface area contributed by atoms with Crippen molar-refractivity contribution >= 4 is 9.24 Å². The summed E-state index contributed by atoms with van der Waals surface area (Å²) in [5, 5.41) is 0.337. The smallest absolute Gasteiger partial charge is 0.0270 e. The minimum Gasteiger partial charge on any atom is -0.265 e. The third kappa shape index (κ3) is 5.64. The zero-order valence-corrected chi connectivity index (χ0v) is 12.8. The Morgan fingerprint density at radius 3 is 1.94 bits per heavy atom. The Morgan fingerprint density at radius 2 is 1.53 bits per heavy atom. The molecule has 0 amide bonds. The van der Waals surface area contributed by atoms with Gasteiger partial charge in [-0.25, -0.2) is 0 Å². The Balaban J connectivity index is 2.76. The van der Waals surface area contributed by atoms with Crippen molar-refractivity contribution in [1.29, 1.82) is 0 Å². The van der Waals surface area contributed by atoms with Crippen LogP contribution in [0.25, 0.3) is 0 Å². The number of pyridine rings is 1. The minimum atomic E-state index is 0.337. The molecule has 0 aliphatic carbocycles. The fourth-order valence-electron chi connectivity index (χ4n) is 2.76. The van der Waals surface area contributed by atoms with Crippen molar-refractivity contribution in [2.24, 2.45) is 11.8 Å². The molecule has 0 aliphatic rings. The Labute approximate surface area is 109 Å². The van der Waals surface area contributed by atoms with Gasteiger partial charge in [0.25, 0.3) is 0 Å². The second kappa shape index (κ2) is 6.50. The molecule has 1 aromatic heterocycles. The van der Waals surface area contributed by atoms with Gasteiger partial charge in [-0.15, -0.1) is 9.24 Å². The number of hydrogen-bond donors (Lipinski definition) is 0. The van der Waals surface area contributed by atoms with Gasteiger partial charge in [0.15, 0.2) is 0 Å². The molecule has 0 aliphatic heterocycles. The van der Waals surface area contributed by atoms with Crippen LogP contribution in [0.1, 0.15) is 46.1 Å². The molecule has 1 unspecified atom stereocenters. The van der Waals surface area contributed by atoms with E-state index in [1.807, 2.05) is 12.4 Å². The van der Waals surface area contributed by atoms with Gasteiger partial charge in [-0.2, -0.15) is 0 Å². The summed E-state index contributed by atoms with van der Waals surface area (Å²) in [4.78, 5) is 4.09. The average molecular weight is 251 g/mol. The van der Waals surface area contributed by atoms with Crippen LogP contribution in [0.3, 0.4) is 0 Å². The zero-order valence-electron chi connectivity index (χ0n) is 11.6. The van der Waals surface area contributed by atoms with Crippen LogP contribution in [0.4, 0.5) is 0 Å². The van der Waals surface area contributed by atoms with Crippen LogP contribution in [-0.2, 0) is 6.42 Å². The van der Waals surface area contributed by atoms with Crippen LogP contribution in [0, 0.1) is 11.8 Å². The van der Waals surface area contributed by atoms with Crippen molar-refractivity contribution in [2.45, 2.75) is 52.1 Å². The lowest BCUT2D eigenvalue weighted by Gasteiger charge is -2.33. The molecule has 2 heteroatoms. The van der Waals surface area contributed by atoms with Crippen molar-refractivity contribution in [3.8, 4) is 0 Å². The van der Waals surface area contributed by atoms with Crippen molar-refractivity contribution in [3.05, 3.63) is 30.1 Å². The molecule has 0 aromatic carbocycles. The van der Waals surface area contributed by atoms with Gasteiger partial charge in [0, 0.05) is 12.4 Å². The summed E-state index contributed by atoms with van der Waals surface area (Å²) in [5.41, 5.74) is 1.40. The van der Waals surface area contributed by atoms with Crippen LogP contribution in [0.15, 0.2) is 24.5 Å². The van der Waals surface area contributed by atoms with Gasteiger partial charge in [-0.1, -0.05) is 27.7 Å². The van der Waals surface area contributed by atoms with Crippen LogP contribution in [0.5, 0.6) is 0 Å². The van der Waals surface area contributed by atoms with Crippen molar-refractivity contribution in [3.63, 3.8) is 0 Å². The number of nitrogens with zero attached hydrogens (tertiary/aromatic N) is 1. The number of hydrogen-bond acceptors (Lipinski definition) is 1. The molecule has 1 atom stereocenters. The van der Waals surface area contributed by atoms with Gasteiger partial charge in [-0.05, 0) is 54.0 Å². The maximum absolute atomic E-state index is 4.09. The predicted octanol–water partition coefficient (Wildman–Crippen LogP) is 4.33. The highest BCUT2D eigenvalue weighted by Crippen LogP contribution is 2.36. The minimum absolute atomic E-state index is 0.337. The van der Waals surface area contributed by atoms with E-state index >= 15 is 0 Å². The molecular formula is C15H26NP. The first kappa shape index (κ1) is 14.6. The summed E-state index contributed by atoms with van der Waals surface area (Å²) in [7, 11) is 3.13. The zero-order chi connectivity index (χ0) is 12.9. The molecule has 0 fully saturated rings. The molecular weight excluding hydrogens is 225 g/mol. The lowest BCUT2D eigenvalue weighted by molar-refractivity contribution is 0.378. The van der Waals surface area contributed by atoms with E-state index in [2.05, 4.69) is 54.1 Å². The van der Waals surface area contributed by atoms with E-state index in [0.717, 1.165) is 18.3 Å².